The Bertz CT molecular complexity index is 663. The average molecular weight is 422 g/mol. The second-order valence-electron chi connectivity index (χ2n) is 7.78. The lowest BCUT2D eigenvalue weighted by Gasteiger charge is -2.28. The molecule has 0 saturated heterocycles. The van der Waals surface area contributed by atoms with Gasteiger partial charge in [-0.15, -0.1) is 0 Å². The van der Waals surface area contributed by atoms with Crippen LogP contribution in [0.25, 0.3) is 0 Å². The Morgan fingerprint density at radius 3 is 2.30 bits per heavy atom. The molecule has 0 aliphatic rings. The summed E-state index contributed by atoms with van der Waals surface area (Å²) in [6.45, 7) is 7.13. The van der Waals surface area contributed by atoms with E-state index in [4.69, 9.17) is 9.47 Å². The first-order valence-electron chi connectivity index (χ1n) is 10.7. The molecule has 0 bridgehead atoms. The van der Waals surface area contributed by atoms with E-state index in [2.05, 4.69) is 12.2 Å². The number of unbranched alkanes of at least 4 members (excludes halogenated alkanes) is 3. The molecular weight excluding hydrogens is 386 g/mol. The smallest absolute Gasteiger partial charge is 0.408 e. The van der Waals surface area contributed by atoms with Crippen LogP contribution in [0.15, 0.2) is 30.3 Å². The summed E-state index contributed by atoms with van der Waals surface area (Å²) in [5.41, 5.74) is 0.829. The van der Waals surface area contributed by atoms with Gasteiger partial charge < -0.3 is 19.9 Å². The van der Waals surface area contributed by atoms with E-state index in [-0.39, 0.29) is 12.5 Å². The van der Waals surface area contributed by atoms with E-state index in [0.29, 0.717) is 0 Å². The fourth-order valence-electron chi connectivity index (χ4n) is 3.15. The number of carbonyl (C=O) groups is 3. The normalized spacial score (nSPS) is 14.8. The van der Waals surface area contributed by atoms with Crippen LogP contribution in [0.2, 0.25) is 0 Å². The van der Waals surface area contributed by atoms with E-state index < -0.39 is 36.1 Å². The van der Waals surface area contributed by atoms with Gasteiger partial charge in [0.1, 0.15) is 18.8 Å². The number of aliphatic carboxylic acids is 1. The summed E-state index contributed by atoms with van der Waals surface area (Å²) in [6.07, 6.45) is 3.53. The molecule has 0 aliphatic heterocycles. The second kappa shape index (κ2) is 13.6. The Hall–Kier alpha value is -2.57. The summed E-state index contributed by atoms with van der Waals surface area (Å²) in [5, 5.41) is 11.8. The molecule has 0 aromatic heterocycles. The number of esters is 1. The van der Waals surface area contributed by atoms with Crippen molar-refractivity contribution in [3.05, 3.63) is 35.9 Å². The zero-order valence-corrected chi connectivity index (χ0v) is 18.4. The molecule has 7 heteroatoms. The van der Waals surface area contributed by atoms with Gasteiger partial charge in [-0.05, 0) is 31.7 Å². The molecule has 168 valence electrons. The minimum absolute atomic E-state index is 0.0852. The molecule has 0 unspecified atom stereocenters. The highest BCUT2D eigenvalue weighted by Crippen LogP contribution is 2.23. The lowest BCUT2D eigenvalue weighted by Crippen LogP contribution is -2.44. The minimum atomic E-state index is -1.02. The number of hydrogen-bond acceptors (Lipinski definition) is 5. The molecule has 30 heavy (non-hydrogen) atoms. The van der Waals surface area contributed by atoms with E-state index >= 15 is 0 Å². The highest BCUT2D eigenvalue weighted by molar-refractivity contribution is 5.81. The van der Waals surface area contributed by atoms with E-state index in [0.717, 1.165) is 37.7 Å². The van der Waals surface area contributed by atoms with Crippen molar-refractivity contribution >= 4 is 18.0 Å². The topological polar surface area (TPSA) is 102 Å². The number of carboxylic acids is 1. The molecule has 1 rings (SSSR count). The van der Waals surface area contributed by atoms with Crippen molar-refractivity contribution in [1.29, 1.82) is 0 Å². The average Bonchev–Trinajstić information content (AvgIpc) is 2.73. The van der Waals surface area contributed by atoms with Crippen LogP contribution < -0.4 is 5.32 Å². The maximum atomic E-state index is 12.5. The second-order valence-corrected chi connectivity index (χ2v) is 7.78. The van der Waals surface area contributed by atoms with Crippen molar-refractivity contribution < 1.29 is 29.0 Å². The molecule has 0 radical (unpaired) electrons. The van der Waals surface area contributed by atoms with Gasteiger partial charge in [0.25, 0.3) is 0 Å². The Kier molecular flexibility index (Phi) is 11.6. The molecular formula is C23H35NO6. The van der Waals surface area contributed by atoms with Crippen LogP contribution in [0.3, 0.4) is 0 Å². The van der Waals surface area contributed by atoms with Gasteiger partial charge in [0.15, 0.2) is 0 Å². The molecule has 0 heterocycles. The molecule has 0 saturated carbocycles. The van der Waals surface area contributed by atoms with Gasteiger partial charge in [-0.3, -0.25) is 4.79 Å². The van der Waals surface area contributed by atoms with Crippen LogP contribution in [0.1, 0.15) is 65.4 Å². The van der Waals surface area contributed by atoms with Crippen LogP contribution in [0, 0.1) is 11.8 Å². The first kappa shape index (κ1) is 25.5. The van der Waals surface area contributed by atoms with Gasteiger partial charge >= 0.3 is 18.0 Å². The van der Waals surface area contributed by atoms with E-state index in [1.165, 1.54) is 13.8 Å². The first-order valence-corrected chi connectivity index (χ1v) is 10.7. The summed E-state index contributed by atoms with van der Waals surface area (Å²) < 4.78 is 10.6. The Balaban J connectivity index is 2.58. The highest BCUT2D eigenvalue weighted by atomic mass is 16.6. The molecule has 2 N–H and O–H groups in total. The molecule has 1 amide bonds. The van der Waals surface area contributed by atoms with Gasteiger partial charge in [0.05, 0.1) is 5.92 Å². The molecule has 4 atom stereocenters. The molecule has 0 spiro atoms. The van der Waals surface area contributed by atoms with Crippen LogP contribution in [-0.2, 0) is 25.7 Å². The molecule has 0 aliphatic carbocycles. The quantitative estimate of drug-likeness (QED) is 0.358. The van der Waals surface area contributed by atoms with Gasteiger partial charge in [-0.2, -0.15) is 0 Å². The van der Waals surface area contributed by atoms with Crippen molar-refractivity contribution in [2.75, 3.05) is 0 Å². The standard InChI is InChI=1S/C23H35NO6/c1-5-6-7-9-12-16(2)20(17(3)21(25)26)30-22(27)18(4)24-23(28)29-15-19-13-10-8-11-14-19/h8,10-11,13-14,16-18,20H,5-7,9,12,15H2,1-4H3,(H,24,28)(H,25,26)/t16-,17+,18-,20+/m0/s1. The fraction of sp³-hybridized carbons (Fsp3) is 0.609. The van der Waals surface area contributed by atoms with Gasteiger partial charge in [0, 0.05) is 0 Å². The summed E-state index contributed by atoms with van der Waals surface area (Å²) >= 11 is 0. The number of benzene rings is 1. The monoisotopic (exact) mass is 421 g/mol. The lowest BCUT2D eigenvalue weighted by molar-refractivity contribution is -0.163. The van der Waals surface area contributed by atoms with Crippen LogP contribution in [0.4, 0.5) is 4.79 Å². The van der Waals surface area contributed by atoms with Gasteiger partial charge in [0.2, 0.25) is 0 Å². The Labute approximate surface area is 179 Å². The van der Waals surface area contributed by atoms with Crippen molar-refractivity contribution in [3.8, 4) is 0 Å². The summed E-state index contributed by atoms with van der Waals surface area (Å²) in [5.74, 6) is -2.64. The SMILES string of the molecule is CCCCCC[C@H](C)[C@@H](OC(=O)[C@H](C)NC(=O)OCc1ccccc1)[C@@H](C)C(=O)O. The number of hydrogen-bond donors (Lipinski definition) is 2. The molecule has 0 fully saturated rings. The van der Waals surface area contributed by atoms with Crippen LogP contribution in [0.5, 0.6) is 0 Å². The van der Waals surface area contributed by atoms with Crippen LogP contribution >= 0.6 is 0 Å². The van der Waals surface area contributed by atoms with Crippen molar-refractivity contribution in [2.24, 2.45) is 11.8 Å². The maximum Gasteiger partial charge on any atom is 0.408 e. The third kappa shape index (κ3) is 9.29. The van der Waals surface area contributed by atoms with Crippen molar-refractivity contribution in [3.63, 3.8) is 0 Å². The van der Waals surface area contributed by atoms with E-state index in [1.807, 2.05) is 37.3 Å². The Morgan fingerprint density at radius 1 is 1.03 bits per heavy atom. The predicted molar refractivity (Wildman–Crippen MR) is 114 cm³/mol. The fourth-order valence-corrected chi connectivity index (χ4v) is 3.15. The number of carbonyl (C=O) groups excluding carboxylic acids is 2. The zero-order chi connectivity index (χ0) is 22.5. The van der Waals surface area contributed by atoms with Gasteiger partial charge in [-0.25, -0.2) is 9.59 Å². The number of ether oxygens (including phenoxy) is 2. The number of nitrogens with one attached hydrogen (secondary N) is 1. The summed E-state index contributed by atoms with van der Waals surface area (Å²) in [6, 6.07) is 8.23. The number of alkyl carbamates (subject to hydrolysis) is 1. The van der Waals surface area contributed by atoms with E-state index in [1.54, 1.807) is 0 Å². The third-order valence-electron chi connectivity index (χ3n) is 5.11. The summed E-state index contributed by atoms with van der Waals surface area (Å²) in [4.78, 5) is 35.9. The molecule has 7 nitrogen and oxygen atoms in total. The first-order chi connectivity index (χ1) is 14.3. The molecule has 1 aromatic carbocycles. The van der Waals surface area contributed by atoms with Gasteiger partial charge in [-0.1, -0.05) is 69.9 Å². The maximum absolute atomic E-state index is 12.5. The molecule has 1 aromatic rings. The minimum Gasteiger partial charge on any atom is -0.481 e. The Morgan fingerprint density at radius 2 is 1.70 bits per heavy atom. The predicted octanol–water partition coefficient (Wildman–Crippen LogP) is 4.54. The van der Waals surface area contributed by atoms with E-state index in [9.17, 15) is 19.5 Å². The highest BCUT2D eigenvalue weighted by Gasteiger charge is 2.33. The summed E-state index contributed by atoms with van der Waals surface area (Å²) in [7, 11) is 0. The zero-order valence-electron chi connectivity index (χ0n) is 18.4. The largest absolute Gasteiger partial charge is 0.481 e. The van der Waals surface area contributed by atoms with Crippen LogP contribution in [-0.4, -0.2) is 35.3 Å². The lowest BCUT2D eigenvalue weighted by atomic mass is 9.89. The number of amides is 1. The van der Waals surface area contributed by atoms with Crippen molar-refractivity contribution in [1.82, 2.24) is 5.32 Å². The van der Waals surface area contributed by atoms with Crippen molar-refractivity contribution in [2.45, 2.75) is 78.6 Å². The number of rotatable bonds is 13. The number of carboxylic acid groups (broad SMARTS) is 1. The third-order valence-corrected chi connectivity index (χ3v) is 5.11.